The molecular weight excluding hydrogens is 236 g/mol. The van der Waals surface area contributed by atoms with Crippen molar-refractivity contribution in [2.75, 3.05) is 30.8 Å². The molecule has 3 nitrogen and oxygen atoms in total. The van der Waals surface area contributed by atoms with E-state index in [0.29, 0.717) is 10.7 Å². The van der Waals surface area contributed by atoms with Crippen LogP contribution in [-0.4, -0.2) is 19.8 Å². The molecular formula is C13H21ClN2O. The molecule has 0 spiro atoms. The van der Waals surface area contributed by atoms with Gasteiger partial charge in [0.2, 0.25) is 0 Å². The monoisotopic (exact) mass is 256 g/mol. The molecule has 3 N–H and O–H groups in total. The summed E-state index contributed by atoms with van der Waals surface area (Å²) in [5, 5.41) is 3.93. The maximum absolute atomic E-state index is 5.82. The molecule has 1 aromatic rings. The Morgan fingerprint density at radius 1 is 1.29 bits per heavy atom. The second-order valence-electron chi connectivity index (χ2n) is 3.98. The van der Waals surface area contributed by atoms with E-state index in [4.69, 9.17) is 22.1 Å². The van der Waals surface area contributed by atoms with Crippen LogP contribution in [0.2, 0.25) is 5.02 Å². The maximum Gasteiger partial charge on any atom is 0.0574 e. The van der Waals surface area contributed by atoms with E-state index in [0.717, 1.165) is 38.3 Å². The average Bonchev–Trinajstić information content (AvgIpc) is 2.30. The van der Waals surface area contributed by atoms with Gasteiger partial charge in [0.25, 0.3) is 0 Å². The molecule has 17 heavy (non-hydrogen) atoms. The molecule has 0 aliphatic heterocycles. The highest BCUT2D eigenvalue weighted by Crippen LogP contribution is 2.22. The number of nitrogen functional groups attached to an aromatic ring is 1. The van der Waals surface area contributed by atoms with Crippen LogP contribution in [0.1, 0.15) is 26.2 Å². The number of ether oxygens (including phenoxy) is 1. The molecule has 0 radical (unpaired) electrons. The third kappa shape index (κ3) is 5.80. The normalized spacial score (nSPS) is 10.5. The molecule has 0 aliphatic rings. The molecule has 0 heterocycles. The van der Waals surface area contributed by atoms with Gasteiger partial charge < -0.3 is 15.8 Å². The lowest BCUT2D eigenvalue weighted by Crippen LogP contribution is -2.07. The van der Waals surface area contributed by atoms with Crippen LogP contribution in [0.15, 0.2) is 18.2 Å². The van der Waals surface area contributed by atoms with E-state index in [-0.39, 0.29) is 0 Å². The highest BCUT2D eigenvalue weighted by atomic mass is 35.5. The van der Waals surface area contributed by atoms with Crippen LogP contribution in [0, 0.1) is 0 Å². The van der Waals surface area contributed by atoms with Gasteiger partial charge in [0.15, 0.2) is 0 Å². The number of nitrogens with one attached hydrogen (secondary N) is 1. The van der Waals surface area contributed by atoms with Crippen molar-refractivity contribution in [1.29, 1.82) is 0 Å². The summed E-state index contributed by atoms with van der Waals surface area (Å²) >= 11 is 5.82. The standard InChI is InChI=1S/C13H21ClN2O/c1-2-3-8-17-9-4-7-16-13-6-5-11(14)10-12(13)15/h5-6,10,16H,2-4,7-9,15H2,1H3. The fourth-order valence-electron chi connectivity index (χ4n) is 1.44. The molecule has 0 bridgehead atoms. The molecule has 0 aliphatic carbocycles. The topological polar surface area (TPSA) is 47.3 Å². The van der Waals surface area contributed by atoms with E-state index in [2.05, 4.69) is 12.2 Å². The maximum atomic E-state index is 5.82. The molecule has 0 aromatic heterocycles. The zero-order chi connectivity index (χ0) is 12.5. The van der Waals surface area contributed by atoms with Crippen LogP contribution in [0.25, 0.3) is 0 Å². The first-order valence-corrected chi connectivity index (χ1v) is 6.48. The Balaban J connectivity index is 2.14. The summed E-state index contributed by atoms with van der Waals surface area (Å²) in [7, 11) is 0. The fourth-order valence-corrected chi connectivity index (χ4v) is 1.62. The summed E-state index contributed by atoms with van der Waals surface area (Å²) in [4.78, 5) is 0. The summed E-state index contributed by atoms with van der Waals surface area (Å²) in [6, 6.07) is 5.48. The van der Waals surface area contributed by atoms with Gasteiger partial charge in [-0.25, -0.2) is 0 Å². The van der Waals surface area contributed by atoms with Gasteiger partial charge in [-0.15, -0.1) is 0 Å². The van der Waals surface area contributed by atoms with Crippen LogP contribution < -0.4 is 11.1 Å². The summed E-state index contributed by atoms with van der Waals surface area (Å²) < 4.78 is 5.47. The molecule has 96 valence electrons. The molecule has 0 atom stereocenters. The van der Waals surface area contributed by atoms with Gasteiger partial charge in [-0.2, -0.15) is 0 Å². The minimum atomic E-state index is 0.663. The van der Waals surface area contributed by atoms with E-state index < -0.39 is 0 Å². The Labute approximate surface area is 108 Å². The van der Waals surface area contributed by atoms with Gasteiger partial charge in [0.05, 0.1) is 11.4 Å². The smallest absolute Gasteiger partial charge is 0.0574 e. The van der Waals surface area contributed by atoms with Crippen molar-refractivity contribution in [3.8, 4) is 0 Å². The summed E-state index contributed by atoms with van der Waals surface area (Å²) in [6.45, 7) is 4.67. The third-order valence-corrected chi connectivity index (χ3v) is 2.67. The zero-order valence-electron chi connectivity index (χ0n) is 10.3. The molecule has 0 fully saturated rings. The number of rotatable bonds is 8. The Kier molecular flexibility index (Phi) is 6.82. The van der Waals surface area contributed by atoms with Gasteiger partial charge in [0, 0.05) is 24.8 Å². The molecule has 0 saturated carbocycles. The number of halogens is 1. The average molecular weight is 257 g/mol. The Morgan fingerprint density at radius 2 is 2.06 bits per heavy atom. The summed E-state index contributed by atoms with van der Waals surface area (Å²) in [6.07, 6.45) is 3.29. The van der Waals surface area contributed by atoms with Gasteiger partial charge in [0.1, 0.15) is 0 Å². The molecule has 0 unspecified atom stereocenters. The first kappa shape index (κ1) is 14.1. The van der Waals surface area contributed by atoms with Gasteiger partial charge in [-0.05, 0) is 31.0 Å². The molecule has 1 rings (SSSR count). The predicted octanol–water partition coefficient (Wildman–Crippen LogP) is 3.54. The number of hydrogen-bond donors (Lipinski definition) is 2. The number of hydrogen-bond acceptors (Lipinski definition) is 3. The Bertz CT molecular complexity index is 331. The first-order chi connectivity index (χ1) is 8.24. The lowest BCUT2D eigenvalue weighted by atomic mass is 10.2. The largest absolute Gasteiger partial charge is 0.397 e. The van der Waals surface area contributed by atoms with Crippen molar-refractivity contribution in [3.05, 3.63) is 23.2 Å². The second kappa shape index (κ2) is 8.20. The predicted molar refractivity (Wildman–Crippen MR) is 74.7 cm³/mol. The fraction of sp³-hybridized carbons (Fsp3) is 0.538. The molecule has 0 amide bonds. The molecule has 4 heteroatoms. The number of benzene rings is 1. The highest BCUT2D eigenvalue weighted by Gasteiger charge is 1.98. The van der Waals surface area contributed by atoms with Crippen molar-refractivity contribution in [2.45, 2.75) is 26.2 Å². The van der Waals surface area contributed by atoms with E-state index >= 15 is 0 Å². The van der Waals surface area contributed by atoms with Crippen LogP contribution in [0.5, 0.6) is 0 Å². The lowest BCUT2D eigenvalue weighted by Gasteiger charge is -2.09. The van der Waals surface area contributed by atoms with Crippen LogP contribution >= 0.6 is 11.6 Å². The summed E-state index contributed by atoms with van der Waals surface area (Å²) in [5.74, 6) is 0. The molecule has 0 saturated heterocycles. The van der Waals surface area contributed by atoms with Gasteiger partial charge in [-0.1, -0.05) is 24.9 Å². The SMILES string of the molecule is CCCCOCCCNc1ccc(Cl)cc1N. The van der Waals surface area contributed by atoms with Gasteiger partial charge >= 0.3 is 0 Å². The second-order valence-corrected chi connectivity index (χ2v) is 4.41. The quantitative estimate of drug-likeness (QED) is 0.552. The van der Waals surface area contributed by atoms with Crippen molar-refractivity contribution >= 4 is 23.0 Å². The minimum Gasteiger partial charge on any atom is -0.397 e. The molecule has 1 aromatic carbocycles. The Morgan fingerprint density at radius 3 is 2.76 bits per heavy atom. The van der Waals surface area contributed by atoms with Crippen LogP contribution in [0.3, 0.4) is 0 Å². The first-order valence-electron chi connectivity index (χ1n) is 6.10. The van der Waals surface area contributed by atoms with E-state index in [9.17, 15) is 0 Å². The van der Waals surface area contributed by atoms with E-state index in [1.165, 1.54) is 6.42 Å². The third-order valence-electron chi connectivity index (χ3n) is 2.44. The number of nitrogens with two attached hydrogens (primary N) is 1. The van der Waals surface area contributed by atoms with Gasteiger partial charge in [-0.3, -0.25) is 0 Å². The van der Waals surface area contributed by atoms with Crippen molar-refractivity contribution in [1.82, 2.24) is 0 Å². The zero-order valence-corrected chi connectivity index (χ0v) is 11.1. The lowest BCUT2D eigenvalue weighted by molar-refractivity contribution is 0.131. The highest BCUT2D eigenvalue weighted by molar-refractivity contribution is 6.31. The van der Waals surface area contributed by atoms with E-state index in [1.54, 1.807) is 6.07 Å². The van der Waals surface area contributed by atoms with Crippen LogP contribution in [0.4, 0.5) is 11.4 Å². The Hall–Kier alpha value is -0.930. The van der Waals surface area contributed by atoms with Crippen molar-refractivity contribution < 1.29 is 4.74 Å². The minimum absolute atomic E-state index is 0.663. The van der Waals surface area contributed by atoms with Crippen molar-refractivity contribution in [3.63, 3.8) is 0 Å². The van der Waals surface area contributed by atoms with E-state index in [1.807, 2.05) is 12.1 Å². The van der Waals surface area contributed by atoms with Crippen LogP contribution in [-0.2, 0) is 4.74 Å². The number of unbranched alkanes of at least 4 members (excludes halogenated alkanes) is 1. The van der Waals surface area contributed by atoms with Crippen molar-refractivity contribution in [2.24, 2.45) is 0 Å². The number of anilines is 2. The summed E-state index contributed by atoms with van der Waals surface area (Å²) in [5.41, 5.74) is 7.44.